The van der Waals surface area contributed by atoms with Gasteiger partial charge < -0.3 is 5.32 Å². The number of amides is 1. The predicted molar refractivity (Wildman–Crippen MR) is 97.7 cm³/mol. The molecule has 1 amide bonds. The molecule has 140 valence electrons. The van der Waals surface area contributed by atoms with E-state index < -0.39 is 39.3 Å². The van der Waals surface area contributed by atoms with Crippen LogP contribution in [-0.2, 0) is 14.8 Å². The maximum atomic E-state index is 13.8. The highest BCUT2D eigenvalue weighted by Gasteiger charge is 2.31. The largest absolute Gasteiger partial charge is 0.319 e. The Bertz CT molecular complexity index is 925. The van der Waals surface area contributed by atoms with Crippen LogP contribution in [0.1, 0.15) is 18.1 Å². The SMILES string of the molecule is Cc1ccc(C)c(N([C@@H](C)C(=O)Nc2c(F)cccc2F)S(C)(=O)=O)c1. The van der Waals surface area contributed by atoms with Crippen molar-refractivity contribution in [2.75, 3.05) is 15.9 Å². The Morgan fingerprint density at radius 2 is 1.69 bits per heavy atom. The van der Waals surface area contributed by atoms with Crippen LogP contribution in [0.15, 0.2) is 36.4 Å². The highest BCUT2D eigenvalue weighted by atomic mass is 32.2. The lowest BCUT2D eigenvalue weighted by Crippen LogP contribution is -2.45. The van der Waals surface area contributed by atoms with Crippen LogP contribution >= 0.6 is 0 Å². The number of nitrogens with one attached hydrogen (secondary N) is 1. The lowest BCUT2D eigenvalue weighted by Gasteiger charge is -2.29. The van der Waals surface area contributed by atoms with Crippen molar-refractivity contribution in [3.8, 4) is 0 Å². The number of para-hydroxylation sites is 1. The van der Waals surface area contributed by atoms with E-state index >= 15 is 0 Å². The molecule has 2 rings (SSSR count). The first-order valence-corrected chi connectivity index (χ1v) is 9.68. The van der Waals surface area contributed by atoms with Crippen molar-refractivity contribution < 1.29 is 22.0 Å². The molecule has 1 N–H and O–H groups in total. The number of hydrogen-bond donors (Lipinski definition) is 1. The van der Waals surface area contributed by atoms with Gasteiger partial charge in [-0.05, 0) is 50.1 Å². The minimum absolute atomic E-state index is 0.337. The minimum atomic E-state index is -3.83. The molecule has 0 unspecified atom stereocenters. The fraction of sp³-hybridized carbons (Fsp3) is 0.278. The topological polar surface area (TPSA) is 66.5 Å². The zero-order chi connectivity index (χ0) is 19.6. The van der Waals surface area contributed by atoms with E-state index in [0.29, 0.717) is 11.3 Å². The summed E-state index contributed by atoms with van der Waals surface area (Å²) >= 11 is 0. The monoisotopic (exact) mass is 382 g/mol. The van der Waals surface area contributed by atoms with Crippen LogP contribution in [0, 0.1) is 25.5 Å². The second-order valence-electron chi connectivity index (χ2n) is 6.11. The molecule has 0 spiro atoms. The van der Waals surface area contributed by atoms with Gasteiger partial charge >= 0.3 is 0 Å². The van der Waals surface area contributed by atoms with Gasteiger partial charge in [-0.3, -0.25) is 9.10 Å². The third kappa shape index (κ3) is 4.19. The first-order chi connectivity index (χ1) is 12.0. The second kappa shape index (κ2) is 7.41. The molecule has 2 aromatic rings. The number of hydrogen-bond acceptors (Lipinski definition) is 3. The van der Waals surface area contributed by atoms with E-state index in [1.54, 1.807) is 26.0 Å². The van der Waals surface area contributed by atoms with E-state index in [1.165, 1.54) is 13.0 Å². The van der Waals surface area contributed by atoms with Crippen LogP contribution in [0.5, 0.6) is 0 Å². The van der Waals surface area contributed by atoms with E-state index in [9.17, 15) is 22.0 Å². The number of halogens is 2. The van der Waals surface area contributed by atoms with E-state index in [2.05, 4.69) is 5.32 Å². The van der Waals surface area contributed by atoms with Gasteiger partial charge in [0.25, 0.3) is 0 Å². The average Bonchev–Trinajstić information content (AvgIpc) is 2.53. The Morgan fingerprint density at radius 1 is 1.12 bits per heavy atom. The van der Waals surface area contributed by atoms with Gasteiger partial charge in [-0.15, -0.1) is 0 Å². The van der Waals surface area contributed by atoms with Crippen LogP contribution in [0.4, 0.5) is 20.2 Å². The molecule has 0 aliphatic rings. The number of benzene rings is 2. The Morgan fingerprint density at radius 3 is 2.23 bits per heavy atom. The number of carbonyl (C=O) groups excluding carboxylic acids is 1. The fourth-order valence-corrected chi connectivity index (χ4v) is 3.81. The Balaban J connectivity index is 2.43. The van der Waals surface area contributed by atoms with Gasteiger partial charge in [-0.1, -0.05) is 18.2 Å². The molecule has 0 aromatic heterocycles. The van der Waals surface area contributed by atoms with Gasteiger partial charge in [0.2, 0.25) is 15.9 Å². The normalized spacial score (nSPS) is 12.5. The Labute approximate surface area is 151 Å². The summed E-state index contributed by atoms with van der Waals surface area (Å²) in [5, 5.41) is 2.14. The maximum Gasteiger partial charge on any atom is 0.248 e. The van der Waals surface area contributed by atoms with Crippen LogP contribution in [0.3, 0.4) is 0 Å². The molecule has 26 heavy (non-hydrogen) atoms. The van der Waals surface area contributed by atoms with E-state index in [0.717, 1.165) is 28.3 Å². The van der Waals surface area contributed by atoms with Gasteiger partial charge in [-0.2, -0.15) is 0 Å². The number of sulfonamides is 1. The second-order valence-corrected chi connectivity index (χ2v) is 7.97. The number of nitrogens with zero attached hydrogens (tertiary/aromatic N) is 1. The van der Waals surface area contributed by atoms with Crippen LogP contribution in [-0.4, -0.2) is 26.6 Å². The highest BCUT2D eigenvalue weighted by molar-refractivity contribution is 7.92. The Hall–Kier alpha value is -2.48. The van der Waals surface area contributed by atoms with Gasteiger partial charge in [0, 0.05) is 0 Å². The van der Waals surface area contributed by atoms with Crippen molar-refractivity contribution in [3.63, 3.8) is 0 Å². The molecule has 1 atom stereocenters. The van der Waals surface area contributed by atoms with Crippen LogP contribution in [0.25, 0.3) is 0 Å². The summed E-state index contributed by atoms with van der Waals surface area (Å²) < 4.78 is 53.1. The minimum Gasteiger partial charge on any atom is -0.319 e. The van der Waals surface area contributed by atoms with E-state index in [-0.39, 0.29) is 0 Å². The Kier molecular flexibility index (Phi) is 5.65. The summed E-state index contributed by atoms with van der Waals surface area (Å²) in [6.07, 6.45) is 0.974. The molecule has 0 aliphatic heterocycles. The van der Waals surface area contributed by atoms with E-state index in [1.807, 2.05) is 6.07 Å². The predicted octanol–water partition coefficient (Wildman–Crippen LogP) is 3.37. The smallest absolute Gasteiger partial charge is 0.248 e. The van der Waals surface area contributed by atoms with Crippen LogP contribution in [0.2, 0.25) is 0 Å². The average molecular weight is 382 g/mol. The van der Waals surface area contributed by atoms with Gasteiger partial charge in [0.1, 0.15) is 23.4 Å². The van der Waals surface area contributed by atoms with Crippen molar-refractivity contribution in [2.45, 2.75) is 26.8 Å². The lowest BCUT2D eigenvalue weighted by atomic mass is 10.1. The quantitative estimate of drug-likeness (QED) is 0.862. The zero-order valence-corrected chi connectivity index (χ0v) is 15.7. The molecule has 2 aromatic carbocycles. The molecule has 8 heteroatoms. The number of anilines is 2. The van der Waals surface area contributed by atoms with Crippen molar-refractivity contribution in [1.82, 2.24) is 0 Å². The molecule has 0 aliphatic carbocycles. The molecule has 0 heterocycles. The van der Waals surface area contributed by atoms with Crippen LogP contribution < -0.4 is 9.62 Å². The molecule has 0 fully saturated rings. The van der Waals surface area contributed by atoms with Crippen molar-refractivity contribution >= 4 is 27.3 Å². The zero-order valence-electron chi connectivity index (χ0n) is 14.9. The summed E-state index contributed by atoms with van der Waals surface area (Å²) in [5.74, 6) is -2.73. The van der Waals surface area contributed by atoms with Crippen molar-refractivity contribution in [3.05, 3.63) is 59.2 Å². The molecule has 0 radical (unpaired) electrons. The maximum absolute atomic E-state index is 13.8. The fourth-order valence-electron chi connectivity index (χ4n) is 2.58. The van der Waals surface area contributed by atoms with Gasteiger partial charge in [0.15, 0.2) is 0 Å². The molecular weight excluding hydrogens is 362 g/mol. The molecule has 5 nitrogen and oxygen atoms in total. The first-order valence-electron chi connectivity index (χ1n) is 7.84. The molecule has 0 saturated carbocycles. The summed E-state index contributed by atoms with van der Waals surface area (Å²) in [6, 6.07) is 7.16. The summed E-state index contributed by atoms with van der Waals surface area (Å²) in [5.41, 5.74) is 1.19. The molecule has 0 bridgehead atoms. The standard InChI is InChI=1S/C18H20F2N2O3S/c1-11-8-9-12(2)16(10-11)22(26(4,24)25)13(3)18(23)21-17-14(19)6-5-7-15(17)20/h5-10,13H,1-4H3,(H,21,23)/t13-/m0/s1. The summed E-state index contributed by atoms with van der Waals surface area (Å²) in [4.78, 5) is 12.5. The van der Waals surface area contributed by atoms with Crippen molar-refractivity contribution in [1.29, 1.82) is 0 Å². The number of aryl methyl sites for hydroxylation is 2. The molecule has 0 saturated heterocycles. The third-order valence-corrected chi connectivity index (χ3v) is 5.13. The van der Waals surface area contributed by atoms with Gasteiger partial charge in [0.05, 0.1) is 11.9 Å². The highest BCUT2D eigenvalue weighted by Crippen LogP contribution is 2.27. The lowest BCUT2D eigenvalue weighted by molar-refractivity contribution is -0.116. The first kappa shape index (κ1) is 19.8. The number of rotatable bonds is 5. The molecular formula is C18H20F2N2O3S. The van der Waals surface area contributed by atoms with Gasteiger partial charge in [-0.25, -0.2) is 17.2 Å². The van der Waals surface area contributed by atoms with E-state index in [4.69, 9.17) is 0 Å². The number of carbonyl (C=O) groups is 1. The third-order valence-electron chi connectivity index (χ3n) is 3.90. The van der Waals surface area contributed by atoms with Crippen molar-refractivity contribution in [2.24, 2.45) is 0 Å². The summed E-state index contributed by atoms with van der Waals surface area (Å²) in [7, 11) is -3.83. The summed E-state index contributed by atoms with van der Waals surface area (Å²) in [6.45, 7) is 4.87.